The van der Waals surface area contributed by atoms with Gasteiger partial charge in [-0.15, -0.1) is 0 Å². The highest BCUT2D eigenvalue weighted by atomic mass is 32.1. The Labute approximate surface area is 216 Å². The minimum atomic E-state index is -4.36. The number of hydrogen-bond acceptors (Lipinski definition) is 7. The van der Waals surface area contributed by atoms with E-state index in [0.29, 0.717) is 18.6 Å². The van der Waals surface area contributed by atoms with Crippen LogP contribution in [0.4, 0.5) is 13.2 Å². The third-order valence-electron chi connectivity index (χ3n) is 6.78. The van der Waals surface area contributed by atoms with Crippen LogP contribution in [0.25, 0.3) is 5.52 Å². The predicted octanol–water partition coefficient (Wildman–Crippen LogP) is 3.81. The van der Waals surface area contributed by atoms with Crippen LogP contribution in [0.1, 0.15) is 45.9 Å². The van der Waals surface area contributed by atoms with Gasteiger partial charge in [0.25, 0.3) is 11.1 Å². The van der Waals surface area contributed by atoms with Crippen LogP contribution in [0.5, 0.6) is 5.19 Å². The number of aromatic nitrogens is 3. The van der Waals surface area contributed by atoms with E-state index in [0.717, 1.165) is 67.1 Å². The van der Waals surface area contributed by atoms with Gasteiger partial charge in [0.2, 0.25) is 0 Å². The normalized spacial score (nSPS) is 21.0. The van der Waals surface area contributed by atoms with Gasteiger partial charge in [0.1, 0.15) is 0 Å². The molecule has 1 fully saturated rings. The molecule has 0 saturated carbocycles. The van der Waals surface area contributed by atoms with Gasteiger partial charge < -0.3 is 19.7 Å². The topological polar surface area (TPSA) is 81.0 Å². The lowest BCUT2D eigenvalue weighted by Crippen LogP contribution is -2.43. The zero-order valence-electron chi connectivity index (χ0n) is 20.6. The molecular weight excluding hydrogens is 507 g/mol. The van der Waals surface area contributed by atoms with Gasteiger partial charge in [-0.25, -0.2) is 9.50 Å². The number of ether oxygens (including phenoxy) is 2. The van der Waals surface area contributed by atoms with E-state index in [9.17, 15) is 18.0 Å². The number of amides is 1. The van der Waals surface area contributed by atoms with Crippen LogP contribution in [-0.4, -0.2) is 76.6 Å². The number of alkyl halides is 3. The van der Waals surface area contributed by atoms with Crippen molar-refractivity contribution >= 4 is 22.8 Å². The number of halogens is 3. The van der Waals surface area contributed by atoms with Gasteiger partial charge in [-0.2, -0.15) is 18.3 Å². The van der Waals surface area contributed by atoms with Crippen molar-refractivity contribution in [3.63, 3.8) is 0 Å². The molecule has 2 aliphatic rings. The van der Waals surface area contributed by atoms with Crippen molar-refractivity contribution in [2.75, 3.05) is 32.8 Å². The maximum absolute atomic E-state index is 12.9. The lowest BCUT2D eigenvalue weighted by Gasteiger charge is -2.31. The molecule has 2 aliphatic heterocycles. The summed E-state index contributed by atoms with van der Waals surface area (Å²) in [4.78, 5) is 20.5. The van der Waals surface area contributed by atoms with Gasteiger partial charge in [0.15, 0.2) is 6.61 Å². The first-order valence-corrected chi connectivity index (χ1v) is 13.3. The maximum Gasteiger partial charge on any atom is 0.422 e. The van der Waals surface area contributed by atoms with Crippen molar-refractivity contribution in [3.8, 4) is 5.19 Å². The summed E-state index contributed by atoms with van der Waals surface area (Å²) in [7, 11) is 0. The largest absolute Gasteiger partial charge is 0.460 e. The zero-order valence-corrected chi connectivity index (χ0v) is 21.4. The molecule has 5 rings (SSSR count). The summed E-state index contributed by atoms with van der Waals surface area (Å²) in [5.74, 6) is -0.116. The molecule has 200 valence electrons. The van der Waals surface area contributed by atoms with Gasteiger partial charge in [-0.05, 0) is 50.8 Å². The third kappa shape index (κ3) is 6.60. The summed E-state index contributed by atoms with van der Waals surface area (Å²) in [6.07, 6.45) is 1.71. The number of hydrogen-bond donors (Lipinski definition) is 1. The summed E-state index contributed by atoms with van der Waals surface area (Å²) in [5.41, 5.74) is 3.10. The molecule has 0 bridgehead atoms. The van der Waals surface area contributed by atoms with Crippen molar-refractivity contribution < 1.29 is 27.4 Å². The van der Waals surface area contributed by atoms with Crippen molar-refractivity contribution in [1.29, 1.82) is 0 Å². The molecule has 1 amide bonds. The highest BCUT2D eigenvalue weighted by Gasteiger charge is 2.30. The standard InChI is InChI=1S/C25H30F3N5O3S/c1-16-13-21-19(3-2-9-33(21)31-16)23(34)29-17-4-5-18(35-14-17)6-10-32-11-7-20-22(8-12-32)37-24(30-20)36-15-25(26,27)28/h2-3,9,13,17-18H,4-8,10-12,14-15H2,1H3,(H,29,34)/t17-,18+/m0/s1. The molecule has 0 unspecified atom stereocenters. The molecule has 0 aromatic carbocycles. The monoisotopic (exact) mass is 537 g/mol. The van der Waals surface area contributed by atoms with Crippen LogP contribution in [0, 0.1) is 6.92 Å². The van der Waals surface area contributed by atoms with E-state index < -0.39 is 12.8 Å². The van der Waals surface area contributed by atoms with Crippen LogP contribution in [0.3, 0.4) is 0 Å². The number of carbonyl (C=O) groups is 1. The molecule has 2 atom stereocenters. The fraction of sp³-hybridized carbons (Fsp3) is 0.560. The minimum Gasteiger partial charge on any atom is -0.460 e. The van der Waals surface area contributed by atoms with Crippen molar-refractivity contribution in [2.24, 2.45) is 0 Å². The number of carbonyl (C=O) groups excluding carboxylic acids is 1. The van der Waals surface area contributed by atoms with Gasteiger partial charge >= 0.3 is 6.18 Å². The molecule has 3 aromatic rings. The molecule has 1 saturated heterocycles. The molecule has 0 radical (unpaired) electrons. The van der Waals surface area contributed by atoms with E-state index in [1.165, 1.54) is 11.3 Å². The summed E-state index contributed by atoms with van der Waals surface area (Å²) in [6.45, 7) is 3.60. The summed E-state index contributed by atoms with van der Waals surface area (Å²) in [5, 5.41) is 7.58. The predicted molar refractivity (Wildman–Crippen MR) is 132 cm³/mol. The first-order chi connectivity index (χ1) is 17.7. The molecule has 5 heterocycles. The first-order valence-electron chi connectivity index (χ1n) is 12.5. The van der Waals surface area contributed by atoms with E-state index in [-0.39, 0.29) is 23.2 Å². The van der Waals surface area contributed by atoms with E-state index in [1.807, 2.05) is 31.3 Å². The molecule has 8 nitrogen and oxygen atoms in total. The second kappa shape index (κ2) is 11.0. The van der Waals surface area contributed by atoms with Crippen LogP contribution >= 0.6 is 11.3 Å². The molecule has 12 heteroatoms. The minimum absolute atomic E-state index is 0.0259. The van der Waals surface area contributed by atoms with E-state index in [1.54, 1.807) is 4.52 Å². The number of aryl methyl sites for hydroxylation is 1. The second-order valence-corrected chi connectivity index (χ2v) is 10.7. The smallest absolute Gasteiger partial charge is 0.422 e. The summed E-state index contributed by atoms with van der Waals surface area (Å²) < 4.78 is 49.8. The van der Waals surface area contributed by atoms with Crippen molar-refractivity contribution in [2.45, 2.75) is 57.3 Å². The fourth-order valence-electron chi connectivity index (χ4n) is 4.88. The SMILES string of the molecule is Cc1cc2c(C(=O)N[C@H]3CC[C@H](CCN4CCc5nc(OCC(F)(F)F)sc5CC4)OC3)cccn2n1. The van der Waals surface area contributed by atoms with Gasteiger partial charge in [0, 0.05) is 37.1 Å². The van der Waals surface area contributed by atoms with Crippen LogP contribution in [0.15, 0.2) is 24.4 Å². The van der Waals surface area contributed by atoms with Crippen molar-refractivity contribution in [3.05, 3.63) is 46.2 Å². The lowest BCUT2D eigenvalue weighted by molar-refractivity contribution is -0.153. The average molecular weight is 538 g/mol. The Morgan fingerprint density at radius 3 is 2.92 bits per heavy atom. The fourth-order valence-corrected chi connectivity index (χ4v) is 5.82. The Kier molecular flexibility index (Phi) is 7.68. The third-order valence-corrected chi connectivity index (χ3v) is 7.85. The number of nitrogens with one attached hydrogen (secondary N) is 1. The molecule has 0 spiro atoms. The molecule has 3 aromatic heterocycles. The number of fused-ring (bicyclic) bond motifs is 2. The molecule has 1 N–H and O–H groups in total. The number of nitrogens with zero attached hydrogens (tertiary/aromatic N) is 4. The van der Waals surface area contributed by atoms with Crippen molar-refractivity contribution in [1.82, 2.24) is 24.8 Å². The van der Waals surface area contributed by atoms with E-state index in [4.69, 9.17) is 9.47 Å². The average Bonchev–Trinajstić information content (AvgIpc) is 3.39. The van der Waals surface area contributed by atoms with E-state index in [2.05, 4.69) is 20.3 Å². The van der Waals surface area contributed by atoms with Gasteiger partial charge in [-0.1, -0.05) is 11.3 Å². The highest BCUT2D eigenvalue weighted by Crippen LogP contribution is 2.30. The number of rotatable bonds is 7. The first kappa shape index (κ1) is 25.9. The molecular formula is C25H30F3N5O3S. The van der Waals surface area contributed by atoms with Crippen LogP contribution in [-0.2, 0) is 17.6 Å². The molecule has 0 aliphatic carbocycles. The quantitative estimate of drug-likeness (QED) is 0.494. The Morgan fingerprint density at radius 2 is 2.14 bits per heavy atom. The second-order valence-electron chi connectivity index (χ2n) is 9.62. The summed E-state index contributed by atoms with van der Waals surface area (Å²) in [6, 6.07) is 5.51. The van der Waals surface area contributed by atoms with Gasteiger partial charge in [-0.3, -0.25) is 4.79 Å². The lowest BCUT2D eigenvalue weighted by atomic mass is 10.0. The molecule has 37 heavy (non-hydrogen) atoms. The van der Waals surface area contributed by atoms with Crippen LogP contribution < -0.4 is 10.1 Å². The Hall–Kier alpha value is -2.70. The number of pyridine rings is 1. The van der Waals surface area contributed by atoms with Crippen LogP contribution in [0.2, 0.25) is 0 Å². The zero-order chi connectivity index (χ0) is 26.0. The number of thiazole rings is 1. The Balaban J connectivity index is 1.04. The highest BCUT2D eigenvalue weighted by molar-refractivity contribution is 7.13. The maximum atomic E-state index is 12.9. The Bertz CT molecular complexity index is 1210. The Morgan fingerprint density at radius 1 is 1.30 bits per heavy atom. The van der Waals surface area contributed by atoms with Gasteiger partial charge in [0.05, 0.1) is 41.2 Å². The van der Waals surface area contributed by atoms with E-state index >= 15 is 0 Å². The summed E-state index contributed by atoms with van der Waals surface area (Å²) >= 11 is 1.22.